The van der Waals surface area contributed by atoms with Crippen LogP contribution in [0, 0.1) is 19.8 Å². The standard InChI is InChI=1S/C16H25NO2/c1-4-5-14(8-9-18)11-17-16(19)15-10-12(2)6-7-13(15)3/h6-7,10,14,18H,4-5,8-9,11H2,1-3H3,(H,17,19). The molecular formula is C16H25NO2. The molecule has 1 atom stereocenters. The largest absolute Gasteiger partial charge is 0.396 e. The van der Waals surface area contributed by atoms with Crippen molar-refractivity contribution in [1.29, 1.82) is 0 Å². The summed E-state index contributed by atoms with van der Waals surface area (Å²) >= 11 is 0. The number of hydrogen-bond donors (Lipinski definition) is 2. The van der Waals surface area contributed by atoms with Gasteiger partial charge in [-0.3, -0.25) is 4.79 Å². The Morgan fingerprint density at radius 1 is 1.32 bits per heavy atom. The van der Waals surface area contributed by atoms with Crippen LogP contribution in [0.5, 0.6) is 0 Å². The van der Waals surface area contributed by atoms with Gasteiger partial charge < -0.3 is 10.4 Å². The molecule has 0 heterocycles. The Hall–Kier alpha value is -1.35. The molecule has 0 aromatic heterocycles. The number of carbonyl (C=O) groups is 1. The fourth-order valence-electron chi connectivity index (χ4n) is 2.25. The van der Waals surface area contributed by atoms with Gasteiger partial charge in [0.2, 0.25) is 0 Å². The average Bonchev–Trinajstić information content (AvgIpc) is 2.39. The van der Waals surface area contributed by atoms with Crippen LogP contribution >= 0.6 is 0 Å². The molecule has 0 saturated carbocycles. The number of amides is 1. The normalized spacial score (nSPS) is 12.2. The van der Waals surface area contributed by atoms with Gasteiger partial charge in [-0.25, -0.2) is 0 Å². The number of aliphatic hydroxyl groups excluding tert-OH is 1. The summed E-state index contributed by atoms with van der Waals surface area (Å²) in [5.74, 6) is 0.351. The Balaban J connectivity index is 2.61. The van der Waals surface area contributed by atoms with E-state index < -0.39 is 0 Å². The molecular weight excluding hydrogens is 238 g/mol. The Kier molecular flexibility index (Phi) is 6.57. The van der Waals surface area contributed by atoms with E-state index in [1.807, 2.05) is 32.0 Å². The van der Waals surface area contributed by atoms with Crippen molar-refractivity contribution in [3.05, 3.63) is 34.9 Å². The second-order valence-electron chi connectivity index (χ2n) is 5.20. The lowest BCUT2D eigenvalue weighted by molar-refractivity contribution is 0.0942. The van der Waals surface area contributed by atoms with Crippen LogP contribution in [0.3, 0.4) is 0 Å². The molecule has 0 aliphatic rings. The summed E-state index contributed by atoms with van der Waals surface area (Å²) in [6.07, 6.45) is 2.86. The molecule has 3 heteroatoms. The molecule has 3 nitrogen and oxygen atoms in total. The van der Waals surface area contributed by atoms with Crippen molar-refractivity contribution in [3.63, 3.8) is 0 Å². The fourth-order valence-corrected chi connectivity index (χ4v) is 2.25. The summed E-state index contributed by atoms with van der Waals surface area (Å²) in [4.78, 5) is 12.2. The smallest absolute Gasteiger partial charge is 0.251 e. The predicted octanol–water partition coefficient (Wildman–Crippen LogP) is 2.83. The molecule has 1 aromatic carbocycles. The van der Waals surface area contributed by atoms with Crippen LogP contribution in [0.2, 0.25) is 0 Å². The lowest BCUT2D eigenvalue weighted by Crippen LogP contribution is -2.30. The van der Waals surface area contributed by atoms with Crippen molar-refractivity contribution in [2.45, 2.75) is 40.0 Å². The molecule has 0 fully saturated rings. The van der Waals surface area contributed by atoms with E-state index in [4.69, 9.17) is 5.11 Å². The minimum atomic E-state index is -0.0137. The first-order valence-electron chi connectivity index (χ1n) is 7.04. The molecule has 2 N–H and O–H groups in total. The number of rotatable bonds is 7. The molecule has 1 aromatic rings. The highest BCUT2D eigenvalue weighted by atomic mass is 16.3. The van der Waals surface area contributed by atoms with Crippen molar-refractivity contribution < 1.29 is 9.90 Å². The molecule has 0 aliphatic carbocycles. The lowest BCUT2D eigenvalue weighted by atomic mass is 9.99. The predicted molar refractivity (Wildman–Crippen MR) is 78.4 cm³/mol. The topological polar surface area (TPSA) is 49.3 Å². The third-order valence-corrected chi connectivity index (χ3v) is 3.42. The Morgan fingerprint density at radius 2 is 2.05 bits per heavy atom. The fraction of sp³-hybridized carbons (Fsp3) is 0.562. The van der Waals surface area contributed by atoms with Crippen molar-refractivity contribution >= 4 is 5.91 Å². The second kappa shape index (κ2) is 7.95. The molecule has 0 bridgehead atoms. The Morgan fingerprint density at radius 3 is 2.68 bits per heavy atom. The average molecular weight is 263 g/mol. The van der Waals surface area contributed by atoms with Gasteiger partial charge in [0, 0.05) is 18.7 Å². The minimum Gasteiger partial charge on any atom is -0.396 e. The van der Waals surface area contributed by atoms with Crippen LogP contribution < -0.4 is 5.32 Å². The van der Waals surface area contributed by atoms with Crippen molar-refractivity contribution in [2.24, 2.45) is 5.92 Å². The first-order chi connectivity index (χ1) is 9.08. The maximum absolute atomic E-state index is 12.2. The molecule has 1 unspecified atom stereocenters. The molecule has 1 rings (SSSR count). The van der Waals surface area contributed by atoms with Crippen LogP contribution in [0.25, 0.3) is 0 Å². The van der Waals surface area contributed by atoms with Gasteiger partial charge in [-0.15, -0.1) is 0 Å². The molecule has 0 spiro atoms. The zero-order chi connectivity index (χ0) is 14.3. The highest BCUT2D eigenvalue weighted by Gasteiger charge is 2.12. The number of aryl methyl sites for hydroxylation is 2. The minimum absolute atomic E-state index is 0.0137. The van der Waals surface area contributed by atoms with Crippen molar-refractivity contribution in [3.8, 4) is 0 Å². The number of carbonyl (C=O) groups excluding carboxylic acids is 1. The van der Waals surface area contributed by atoms with Gasteiger partial charge in [0.1, 0.15) is 0 Å². The zero-order valence-electron chi connectivity index (χ0n) is 12.2. The van der Waals surface area contributed by atoms with E-state index in [9.17, 15) is 4.79 Å². The molecule has 0 aliphatic heterocycles. The van der Waals surface area contributed by atoms with Crippen LogP contribution in [0.4, 0.5) is 0 Å². The van der Waals surface area contributed by atoms with E-state index >= 15 is 0 Å². The Bertz CT molecular complexity index is 409. The third-order valence-electron chi connectivity index (χ3n) is 3.42. The highest BCUT2D eigenvalue weighted by molar-refractivity contribution is 5.95. The van der Waals surface area contributed by atoms with Crippen LogP contribution in [0.15, 0.2) is 18.2 Å². The van der Waals surface area contributed by atoms with E-state index in [0.717, 1.165) is 36.0 Å². The first-order valence-corrected chi connectivity index (χ1v) is 7.04. The summed E-state index contributed by atoms with van der Waals surface area (Å²) in [5.41, 5.74) is 2.84. The molecule has 1 amide bonds. The van der Waals surface area contributed by atoms with Gasteiger partial charge in [-0.05, 0) is 44.2 Å². The number of benzene rings is 1. The summed E-state index contributed by atoms with van der Waals surface area (Å²) < 4.78 is 0. The van der Waals surface area contributed by atoms with Gasteiger partial charge in [0.15, 0.2) is 0 Å². The van der Waals surface area contributed by atoms with Crippen LogP contribution in [-0.2, 0) is 0 Å². The van der Waals surface area contributed by atoms with Gasteiger partial charge in [0.25, 0.3) is 5.91 Å². The SMILES string of the molecule is CCCC(CCO)CNC(=O)c1cc(C)ccc1C. The lowest BCUT2D eigenvalue weighted by Gasteiger charge is -2.16. The van der Waals surface area contributed by atoms with Gasteiger partial charge >= 0.3 is 0 Å². The molecule has 0 saturated heterocycles. The third kappa shape index (κ3) is 5.03. The number of hydrogen-bond acceptors (Lipinski definition) is 2. The maximum Gasteiger partial charge on any atom is 0.251 e. The van der Waals surface area contributed by atoms with Crippen molar-refractivity contribution in [1.82, 2.24) is 5.32 Å². The number of aliphatic hydroxyl groups is 1. The van der Waals surface area contributed by atoms with Gasteiger partial charge in [-0.2, -0.15) is 0 Å². The van der Waals surface area contributed by atoms with E-state index in [2.05, 4.69) is 12.2 Å². The second-order valence-corrected chi connectivity index (χ2v) is 5.20. The summed E-state index contributed by atoms with van der Waals surface area (Å²) in [6, 6.07) is 5.91. The van der Waals surface area contributed by atoms with E-state index in [1.54, 1.807) is 0 Å². The van der Waals surface area contributed by atoms with Gasteiger partial charge in [0.05, 0.1) is 0 Å². The molecule has 0 radical (unpaired) electrons. The quantitative estimate of drug-likeness (QED) is 0.794. The number of nitrogens with one attached hydrogen (secondary N) is 1. The van der Waals surface area contributed by atoms with Crippen LogP contribution in [-0.4, -0.2) is 24.2 Å². The van der Waals surface area contributed by atoms with E-state index in [1.165, 1.54) is 0 Å². The summed E-state index contributed by atoms with van der Waals surface area (Å²) in [5, 5.41) is 12.0. The summed E-state index contributed by atoms with van der Waals surface area (Å²) in [7, 11) is 0. The monoisotopic (exact) mass is 263 g/mol. The van der Waals surface area contributed by atoms with E-state index in [-0.39, 0.29) is 12.5 Å². The summed E-state index contributed by atoms with van der Waals surface area (Å²) in [6.45, 7) is 6.88. The zero-order valence-corrected chi connectivity index (χ0v) is 12.2. The first kappa shape index (κ1) is 15.7. The maximum atomic E-state index is 12.2. The molecule has 106 valence electrons. The highest BCUT2D eigenvalue weighted by Crippen LogP contribution is 2.12. The molecule has 19 heavy (non-hydrogen) atoms. The van der Waals surface area contributed by atoms with Crippen molar-refractivity contribution in [2.75, 3.05) is 13.2 Å². The van der Waals surface area contributed by atoms with E-state index in [0.29, 0.717) is 12.5 Å². The van der Waals surface area contributed by atoms with Crippen LogP contribution in [0.1, 0.15) is 47.7 Å². The van der Waals surface area contributed by atoms with Gasteiger partial charge in [-0.1, -0.05) is 31.0 Å². The Labute approximate surface area is 116 Å².